The van der Waals surface area contributed by atoms with E-state index in [1.165, 1.54) is 0 Å². The Morgan fingerprint density at radius 3 is 2.88 bits per heavy atom. The van der Waals surface area contributed by atoms with Crippen LogP contribution in [0, 0.1) is 16.0 Å². The van der Waals surface area contributed by atoms with E-state index in [9.17, 15) is 10.1 Å². The molecular formula is C13H18N2O2. The standard InChI is InChI=1S/C13H18N2O2/c1-3-14-13-8-12(9(13)2)10-5-4-6-11(7-10)15(16)17/h4-7,9,12-14H,3,8H2,1-2H3. The summed E-state index contributed by atoms with van der Waals surface area (Å²) in [6.07, 6.45) is 1.08. The van der Waals surface area contributed by atoms with Crippen molar-refractivity contribution in [2.24, 2.45) is 5.92 Å². The summed E-state index contributed by atoms with van der Waals surface area (Å²) in [6.45, 7) is 5.30. The molecule has 0 aromatic heterocycles. The van der Waals surface area contributed by atoms with E-state index in [1.807, 2.05) is 6.07 Å². The fraction of sp³-hybridized carbons (Fsp3) is 0.538. The van der Waals surface area contributed by atoms with Gasteiger partial charge in [0.2, 0.25) is 0 Å². The van der Waals surface area contributed by atoms with E-state index in [0.29, 0.717) is 17.9 Å². The first-order chi connectivity index (χ1) is 8.13. The molecule has 3 unspecified atom stereocenters. The largest absolute Gasteiger partial charge is 0.314 e. The molecule has 1 N–H and O–H groups in total. The number of nitro benzene ring substituents is 1. The first-order valence-corrected chi connectivity index (χ1v) is 6.11. The second-order valence-electron chi connectivity index (χ2n) is 4.72. The highest BCUT2D eigenvalue weighted by molar-refractivity contribution is 5.37. The van der Waals surface area contributed by atoms with Gasteiger partial charge in [0.25, 0.3) is 5.69 Å². The predicted molar refractivity (Wildman–Crippen MR) is 67.1 cm³/mol. The van der Waals surface area contributed by atoms with Crippen LogP contribution in [0.25, 0.3) is 0 Å². The van der Waals surface area contributed by atoms with Crippen LogP contribution in [0.3, 0.4) is 0 Å². The second-order valence-corrected chi connectivity index (χ2v) is 4.72. The van der Waals surface area contributed by atoms with Gasteiger partial charge in [-0.15, -0.1) is 0 Å². The third-order valence-electron chi connectivity index (χ3n) is 3.75. The molecule has 4 nitrogen and oxygen atoms in total. The van der Waals surface area contributed by atoms with E-state index in [-0.39, 0.29) is 10.6 Å². The number of non-ortho nitro benzene ring substituents is 1. The Bertz CT molecular complexity index is 420. The van der Waals surface area contributed by atoms with Crippen molar-refractivity contribution < 1.29 is 4.92 Å². The Hall–Kier alpha value is -1.42. The number of nitrogens with zero attached hydrogens (tertiary/aromatic N) is 1. The molecule has 2 rings (SSSR count). The fourth-order valence-electron chi connectivity index (χ4n) is 2.63. The highest BCUT2D eigenvalue weighted by Gasteiger charge is 2.38. The van der Waals surface area contributed by atoms with Crippen molar-refractivity contribution in [1.29, 1.82) is 0 Å². The van der Waals surface area contributed by atoms with Gasteiger partial charge >= 0.3 is 0 Å². The van der Waals surface area contributed by atoms with Crippen molar-refractivity contribution in [1.82, 2.24) is 5.32 Å². The van der Waals surface area contributed by atoms with E-state index >= 15 is 0 Å². The Labute approximate surface area is 101 Å². The Morgan fingerprint density at radius 2 is 2.29 bits per heavy atom. The van der Waals surface area contributed by atoms with E-state index in [1.54, 1.807) is 18.2 Å². The molecule has 92 valence electrons. The molecule has 0 aliphatic heterocycles. The van der Waals surface area contributed by atoms with Crippen LogP contribution >= 0.6 is 0 Å². The Balaban J connectivity index is 2.09. The van der Waals surface area contributed by atoms with Crippen LogP contribution < -0.4 is 5.32 Å². The summed E-state index contributed by atoms with van der Waals surface area (Å²) in [6, 6.07) is 7.60. The van der Waals surface area contributed by atoms with Crippen LogP contribution in [-0.4, -0.2) is 17.5 Å². The molecule has 1 fully saturated rings. The molecule has 1 aliphatic carbocycles. The van der Waals surface area contributed by atoms with Gasteiger partial charge in [0, 0.05) is 18.2 Å². The minimum absolute atomic E-state index is 0.196. The van der Waals surface area contributed by atoms with Gasteiger partial charge in [-0.1, -0.05) is 26.0 Å². The van der Waals surface area contributed by atoms with Gasteiger partial charge in [0.15, 0.2) is 0 Å². The molecule has 1 saturated carbocycles. The molecule has 1 aromatic carbocycles. The van der Waals surface area contributed by atoms with Gasteiger partial charge in [0.05, 0.1) is 4.92 Å². The summed E-state index contributed by atoms with van der Waals surface area (Å²) in [7, 11) is 0. The molecule has 0 bridgehead atoms. The van der Waals surface area contributed by atoms with Crippen LogP contribution in [0.4, 0.5) is 5.69 Å². The molecule has 0 heterocycles. The average molecular weight is 234 g/mol. The zero-order chi connectivity index (χ0) is 12.4. The molecule has 0 spiro atoms. The summed E-state index contributed by atoms with van der Waals surface area (Å²) >= 11 is 0. The highest BCUT2D eigenvalue weighted by atomic mass is 16.6. The summed E-state index contributed by atoms with van der Waals surface area (Å²) in [4.78, 5) is 10.4. The number of benzene rings is 1. The smallest absolute Gasteiger partial charge is 0.269 e. The minimum atomic E-state index is -0.325. The summed E-state index contributed by atoms with van der Waals surface area (Å²) in [5, 5.41) is 14.2. The van der Waals surface area contributed by atoms with Crippen LogP contribution in [-0.2, 0) is 0 Å². The number of nitro groups is 1. The molecule has 0 amide bonds. The van der Waals surface area contributed by atoms with Gasteiger partial charge < -0.3 is 5.32 Å². The van der Waals surface area contributed by atoms with Gasteiger partial charge in [-0.05, 0) is 30.4 Å². The third-order valence-corrected chi connectivity index (χ3v) is 3.75. The summed E-state index contributed by atoms with van der Waals surface area (Å²) < 4.78 is 0. The third kappa shape index (κ3) is 2.31. The first-order valence-electron chi connectivity index (χ1n) is 6.11. The van der Waals surface area contributed by atoms with Crippen molar-refractivity contribution in [3.05, 3.63) is 39.9 Å². The number of hydrogen-bond donors (Lipinski definition) is 1. The number of rotatable bonds is 4. The maximum atomic E-state index is 10.7. The Morgan fingerprint density at radius 1 is 1.53 bits per heavy atom. The quantitative estimate of drug-likeness (QED) is 0.643. The summed E-state index contributed by atoms with van der Waals surface area (Å²) in [5.74, 6) is 1.01. The summed E-state index contributed by atoms with van der Waals surface area (Å²) in [5.41, 5.74) is 1.29. The molecule has 4 heteroatoms. The molecule has 17 heavy (non-hydrogen) atoms. The average Bonchev–Trinajstić information content (AvgIpc) is 2.33. The Kier molecular flexibility index (Phi) is 3.43. The highest BCUT2D eigenvalue weighted by Crippen LogP contribution is 2.42. The van der Waals surface area contributed by atoms with Crippen molar-refractivity contribution in [3.63, 3.8) is 0 Å². The lowest BCUT2D eigenvalue weighted by atomic mass is 9.67. The van der Waals surface area contributed by atoms with Gasteiger partial charge in [-0.3, -0.25) is 10.1 Å². The fourth-order valence-corrected chi connectivity index (χ4v) is 2.63. The molecule has 0 radical (unpaired) electrons. The first kappa shape index (κ1) is 12.0. The van der Waals surface area contributed by atoms with Crippen molar-refractivity contribution in [2.45, 2.75) is 32.2 Å². The minimum Gasteiger partial charge on any atom is -0.314 e. The lowest BCUT2D eigenvalue weighted by Gasteiger charge is -2.43. The lowest BCUT2D eigenvalue weighted by Crippen LogP contribution is -2.47. The normalized spacial score (nSPS) is 27.5. The zero-order valence-electron chi connectivity index (χ0n) is 10.2. The maximum Gasteiger partial charge on any atom is 0.269 e. The number of nitrogens with one attached hydrogen (secondary N) is 1. The second kappa shape index (κ2) is 4.84. The predicted octanol–water partition coefficient (Wildman–Crippen LogP) is 2.70. The van der Waals surface area contributed by atoms with Crippen LogP contribution in [0.15, 0.2) is 24.3 Å². The molecule has 1 aliphatic rings. The van der Waals surface area contributed by atoms with Gasteiger partial charge in [-0.2, -0.15) is 0 Å². The van der Waals surface area contributed by atoms with E-state index in [4.69, 9.17) is 0 Å². The van der Waals surface area contributed by atoms with Crippen molar-refractivity contribution >= 4 is 5.69 Å². The van der Waals surface area contributed by atoms with Crippen LogP contribution in [0.2, 0.25) is 0 Å². The van der Waals surface area contributed by atoms with E-state index < -0.39 is 0 Å². The zero-order valence-corrected chi connectivity index (χ0v) is 10.2. The SMILES string of the molecule is CCNC1CC(c2cccc([N+](=O)[O-])c2)C1C. The molecule has 3 atom stereocenters. The maximum absolute atomic E-state index is 10.7. The lowest BCUT2D eigenvalue weighted by molar-refractivity contribution is -0.385. The monoisotopic (exact) mass is 234 g/mol. The number of hydrogen-bond acceptors (Lipinski definition) is 3. The van der Waals surface area contributed by atoms with Crippen LogP contribution in [0.5, 0.6) is 0 Å². The van der Waals surface area contributed by atoms with E-state index in [0.717, 1.165) is 18.5 Å². The molecule has 1 aromatic rings. The topological polar surface area (TPSA) is 55.2 Å². The van der Waals surface area contributed by atoms with E-state index in [2.05, 4.69) is 19.2 Å². The van der Waals surface area contributed by atoms with Crippen LogP contribution in [0.1, 0.15) is 31.7 Å². The van der Waals surface area contributed by atoms with Crippen molar-refractivity contribution in [2.75, 3.05) is 6.54 Å². The van der Waals surface area contributed by atoms with Gasteiger partial charge in [-0.25, -0.2) is 0 Å². The van der Waals surface area contributed by atoms with Crippen molar-refractivity contribution in [3.8, 4) is 0 Å². The van der Waals surface area contributed by atoms with Gasteiger partial charge in [0.1, 0.15) is 0 Å². The molecular weight excluding hydrogens is 216 g/mol. The molecule has 0 saturated heterocycles.